The molecule has 1 fully saturated rings. The van der Waals surface area contributed by atoms with E-state index in [0.717, 1.165) is 41.0 Å². The Labute approximate surface area is 147 Å². The van der Waals surface area contributed by atoms with Crippen LogP contribution in [0.2, 0.25) is 0 Å². The highest BCUT2D eigenvalue weighted by Crippen LogP contribution is 2.40. The first-order valence-electron chi connectivity index (χ1n) is 7.96. The molecule has 3 aromatic heterocycles. The Balaban J connectivity index is 1.67. The fraction of sp³-hybridized carbons (Fsp3) is 0.294. The van der Waals surface area contributed by atoms with Gasteiger partial charge in [-0.25, -0.2) is 10.4 Å². The fourth-order valence-corrected chi connectivity index (χ4v) is 3.45. The van der Waals surface area contributed by atoms with Gasteiger partial charge in [0, 0.05) is 18.7 Å². The minimum absolute atomic E-state index is 0.288. The van der Waals surface area contributed by atoms with E-state index in [4.69, 9.17) is 0 Å². The molecule has 128 valence electrons. The number of rotatable bonds is 4. The second-order valence-electron chi connectivity index (χ2n) is 6.12. The van der Waals surface area contributed by atoms with E-state index in [-0.39, 0.29) is 11.0 Å². The zero-order chi connectivity index (χ0) is 17.6. The van der Waals surface area contributed by atoms with Gasteiger partial charge in [-0.2, -0.15) is 14.6 Å². The van der Waals surface area contributed by atoms with Crippen molar-refractivity contribution < 1.29 is 9.18 Å². The molecule has 0 unspecified atom stereocenters. The van der Waals surface area contributed by atoms with Gasteiger partial charge in [0.05, 0.1) is 27.7 Å². The van der Waals surface area contributed by atoms with Crippen LogP contribution in [-0.2, 0) is 7.05 Å². The van der Waals surface area contributed by atoms with Crippen molar-refractivity contribution in [3.8, 4) is 0 Å². The van der Waals surface area contributed by atoms with E-state index in [2.05, 4.69) is 20.6 Å². The van der Waals surface area contributed by atoms with Crippen molar-refractivity contribution in [3.05, 3.63) is 45.2 Å². The molecule has 1 aliphatic carbocycles. The number of hydrazone groups is 1. The number of halogens is 1. The highest BCUT2D eigenvalue weighted by molar-refractivity contribution is 7.12. The summed E-state index contributed by atoms with van der Waals surface area (Å²) in [5.41, 5.74) is 5.42. The lowest BCUT2D eigenvalue weighted by atomic mass is 10.1. The summed E-state index contributed by atoms with van der Waals surface area (Å²) < 4.78 is 14.7. The monoisotopic (exact) mass is 357 g/mol. The summed E-state index contributed by atoms with van der Waals surface area (Å²) >= 11 is 0.968. The van der Waals surface area contributed by atoms with Gasteiger partial charge in [0.15, 0.2) is 10.8 Å². The van der Waals surface area contributed by atoms with Crippen LogP contribution in [0.15, 0.2) is 23.3 Å². The Morgan fingerprint density at radius 1 is 1.48 bits per heavy atom. The maximum Gasteiger partial charge on any atom is 0.272 e. The molecular weight excluding hydrogens is 341 g/mol. The smallest absolute Gasteiger partial charge is 0.267 e. The fourth-order valence-electron chi connectivity index (χ4n) is 2.84. The highest BCUT2D eigenvalue weighted by Gasteiger charge is 2.28. The van der Waals surface area contributed by atoms with E-state index in [9.17, 15) is 9.18 Å². The van der Waals surface area contributed by atoms with Crippen molar-refractivity contribution in [1.82, 2.24) is 20.2 Å². The van der Waals surface area contributed by atoms with Crippen LogP contribution in [0, 0.1) is 12.1 Å². The molecular formula is C17H16FN5OS. The van der Waals surface area contributed by atoms with Crippen molar-refractivity contribution in [1.29, 1.82) is 0 Å². The van der Waals surface area contributed by atoms with Crippen LogP contribution in [0.5, 0.6) is 0 Å². The Hall–Kier alpha value is -2.61. The van der Waals surface area contributed by atoms with Crippen LogP contribution in [0.25, 0.3) is 11.0 Å². The Morgan fingerprint density at radius 3 is 2.96 bits per heavy atom. The number of hydrogen-bond donors (Lipinski definition) is 1. The largest absolute Gasteiger partial charge is 0.272 e. The Kier molecular flexibility index (Phi) is 3.84. The first-order valence-corrected chi connectivity index (χ1v) is 8.77. The Bertz CT molecular complexity index is 1000. The van der Waals surface area contributed by atoms with Crippen LogP contribution < -0.4 is 5.43 Å². The molecule has 1 saturated carbocycles. The molecule has 25 heavy (non-hydrogen) atoms. The van der Waals surface area contributed by atoms with Gasteiger partial charge in [-0.1, -0.05) is 0 Å². The van der Waals surface area contributed by atoms with Crippen molar-refractivity contribution in [3.63, 3.8) is 0 Å². The van der Waals surface area contributed by atoms with Gasteiger partial charge in [0.1, 0.15) is 0 Å². The average molecular weight is 357 g/mol. The molecule has 6 nitrogen and oxygen atoms in total. The number of nitrogens with zero attached hydrogens (tertiary/aromatic N) is 4. The van der Waals surface area contributed by atoms with Gasteiger partial charge in [0.25, 0.3) is 5.91 Å². The lowest BCUT2D eigenvalue weighted by Crippen LogP contribution is -2.18. The summed E-state index contributed by atoms with van der Waals surface area (Å²) in [6.07, 6.45) is 3.62. The van der Waals surface area contributed by atoms with Crippen LogP contribution in [-0.4, -0.2) is 26.9 Å². The predicted octanol–water partition coefficient (Wildman–Crippen LogP) is 3.12. The predicted molar refractivity (Wildman–Crippen MR) is 94.6 cm³/mol. The van der Waals surface area contributed by atoms with E-state index in [1.54, 1.807) is 10.7 Å². The third-order valence-electron chi connectivity index (χ3n) is 4.18. The number of hydrogen-bond acceptors (Lipinski definition) is 5. The molecule has 4 rings (SSSR count). The number of nitrogens with one attached hydrogen (secondary N) is 1. The maximum atomic E-state index is 13.0. The minimum atomic E-state index is -0.321. The van der Waals surface area contributed by atoms with E-state index in [1.807, 2.05) is 20.0 Å². The van der Waals surface area contributed by atoms with Crippen molar-refractivity contribution >= 4 is 34.5 Å². The molecule has 8 heteroatoms. The summed E-state index contributed by atoms with van der Waals surface area (Å²) in [7, 11) is 1.82. The van der Waals surface area contributed by atoms with Crippen molar-refractivity contribution in [2.24, 2.45) is 12.1 Å². The summed E-state index contributed by atoms with van der Waals surface area (Å²) in [6, 6.07) is 4.81. The zero-order valence-electron chi connectivity index (χ0n) is 13.8. The Morgan fingerprint density at radius 2 is 2.28 bits per heavy atom. The lowest BCUT2D eigenvalue weighted by Gasteiger charge is -2.06. The van der Waals surface area contributed by atoms with Gasteiger partial charge in [-0.05, 0) is 38.0 Å². The van der Waals surface area contributed by atoms with Gasteiger partial charge in [-0.15, -0.1) is 11.3 Å². The van der Waals surface area contributed by atoms with Gasteiger partial charge >= 0.3 is 0 Å². The van der Waals surface area contributed by atoms with Crippen LogP contribution >= 0.6 is 11.3 Å². The number of aromatic nitrogens is 3. The molecule has 1 N–H and O–H groups in total. The molecule has 0 saturated heterocycles. The standard InChI is InChI=1S/C17H16FN5OS/c1-9-15-12(17(24)21-19-8-11-5-6-14(18)25-11)7-13(10-3-4-10)20-16(15)23(2)22-9/h5-8,10H,3-4H2,1-2H3,(H,21,24)/b19-8+. The second kappa shape index (κ2) is 6.03. The number of amides is 1. The summed E-state index contributed by atoms with van der Waals surface area (Å²) in [5.74, 6) is 0.0995. The molecule has 1 amide bonds. The summed E-state index contributed by atoms with van der Waals surface area (Å²) in [5, 5.41) is 8.77. The van der Waals surface area contributed by atoms with Crippen molar-refractivity contribution in [2.45, 2.75) is 25.7 Å². The number of carbonyl (C=O) groups excluding carboxylic acids is 1. The molecule has 0 aromatic carbocycles. The first kappa shape index (κ1) is 15.9. The molecule has 0 radical (unpaired) electrons. The van der Waals surface area contributed by atoms with E-state index in [1.165, 1.54) is 12.3 Å². The molecule has 0 atom stereocenters. The average Bonchev–Trinajstić information content (AvgIpc) is 3.29. The third kappa shape index (κ3) is 3.05. The molecule has 3 heterocycles. The first-order chi connectivity index (χ1) is 12.0. The maximum absolute atomic E-state index is 13.0. The number of fused-ring (bicyclic) bond motifs is 1. The summed E-state index contributed by atoms with van der Waals surface area (Å²) in [6.45, 7) is 1.86. The van der Waals surface area contributed by atoms with Gasteiger partial charge in [0.2, 0.25) is 0 Å². The van der Waals surface area contributed by atoms with Crippen molar-refractivity contribution in [2.75, 3.05) is 0 Å². The van der Waals surface area contributed by atoms with Crippen LogP contribution in [0.1, 0.15) is 45.4 Å². The van der Waals surface area contributed by atoms with Gasteiger partial charge < -0.3 is 0 Å². The lowest BCUT2D eigenvalue weighted by molar-refractivity contribution is 0.0956. The molecule has 0 bridgehead atoms. The topological polar surface area (TPSA) is 72.2 Å². The second-order valence-corrected chi connectivity index (χ2v) is 7.18. The third-order valence-corrected chi connectivity index (χ3v) is 4.99. The van der Waals surface area contributed by atoms with Crippen LogP contribution in [0.4, 0.5) is 4.39 Å². The van der Waals surface area contributed by atoms with Gasteiger partial charge in [-0.3, -0.25) is 9.48 Å². The number of carbonyl (C=O) groups is 1. The summed E-state index contributed by atoms with van der Waals surface area (Å²) in [4.78, 5) is 18.0. The number of thiophene rings is 1. The van der Waals surface area contributed by atoms with Crippen LogP contribution in [0.3, 0.4) is 0 Å². The molecule has 3 aromatic rings. The SMILES string of the molecule is Cc1nn(C)c2nc(C3CC3)cc(C(=O)N/N=C/c3ccc(F)s3)c12. The number of pyridine rings is 1. The van der Waals surface area contributed by atoms with E-state index in [0.29, 0.717) is 22.0 Å². The quantitative estimate of drug-likeness (QED) is 0.576. The molecule has 0 spiro atoms. The molecule has 1 aliphatic rings. The molecule has 0 aliphatic heterocycles. The van der Waals surface area contributed by atoms with E-state index >= 15 is 0 Å². The minimum Gasteiger partial charge on any atom is -0.267 e. The highest BCUT2D eigenvalue weighted by atomic mass is 32.1. The number of aryl methyl sites for hydroxylation is 2. The normalized spacial score (nSPS) is 14.5. The zero-order valence-corrected chi connectivity index (χ0v) is 14.6. The van der Waals surface area contributed by atoms with E-state index < -0.39 is 0 Å².